The number of nitrogens with one attached hydrogen (secondary N) is 1. The van der Waals surface area contributed by atoms with Crippen LogP contribution in [0.1, 0.15) is 18.4 Å². The van der Waals surface area contributed by atoms with Crippen LogP contribution in [0.2, 0.25) is 0 Å². The average molecular weight is 326 g/mol. The van der Waals surface area contributed by atoms with Gasteiger partial charge in [-0.25, -0.2) is 0 Å². The summed E-state index contributed by atoms with van der Waals surface area (Å²) in [6.07, 6.45) is 1.69. The molecule has 22 heavy (non-hydrogen) atoms. The highest BCUT2D eigenvalue weighted by atomic mass is 32.2. The molecule has 0 amide bonds. The Balaban J connectivity index is 2.14. The highest BCUT2D eigenvalue weighted by Gasteiger charge is 2.32. The molecule has 3 N–H and O–H groups in total. The van der Waals surface area contributed by atoms with Crippen molar-refractivity contribution < 1.29 is 8.42 Å². The molecule has 0 bridgehead atoms. The largest absolute Gasteiger partial charge is 0.329 e. The van der Waals surface area contributed by atoms with Crippen molar-refractivity contribution in [2.45, 2.75) is 25.4 Å². The molecular weight excluding hydrogens is 300 g/mol. The molecule has 0 radical (unpaired) electrons. The number of benzene rings is 1. The molecule has 0 saturated carbocycles. The molecule has 7 heteroatoms. The smallest absolute Gasteiger partial charge is 0.282 e. The first-order chi connectivity index (χ1) is 10.6. The van der Waals surface area contributed by atoms with Crippen molar-refractivity contribution in [3.63, 3.8) is 0 Å². The van der Waals surface area contributed by atoms with Crippen molar-refractivity contribution in [1.29, 1.82) is 0 Å². The third-order valence-electron chi connectivity index (χ3n) is 4.09. The van der Waals surface area contributed by atoms with Crippen LogP contribution in [0.5, 0.6) is 0 Å². The summed E-state index contributed by atoms with van der Waals surface area (Å²) in [7, 11) is -1.82. The zero-order valence-corrected chi connectivity index (χ0v) is 13.9. The lowest BCUT2D eigenvalue weighted by atomic mass is 10.1. The predicted molar refractivity (Wildman–Crippen MR) is 88.5 cm³/mol. The van der Waals surface area contributed by atoms with Gasteiger partial charge in [0.15, 0.2) is 0 Å². The maximum absolute atomic E-state index is 12.9. The summed E-state index contributed by atoms with van der Waals surface area (Å²) < 4.78 is 28.8. The second-order valence-corrected chi connectivity index (χ2v) is 7.60. The highest BCUT2D eigenvalue weighted by Crippen LogP contribution is 2.18. The van der Waals surface area contributed by atoms with E-state index in [4.69, 9.17) is 5.73 Å². The first-order valence-electron chi connectivity index (χ1n) is 7.73. The number of piperidine rings is 1. The van der Waals surface area contributed by atoms with Gasteiger partial charge in [-0.2, -0.15) is 17.0 Å². The average Bonchev–Trinajstić information content (AvgIpc) is 2.55. The lowest BCUT2D eigenvalue weighted by Crippen LogP contribution is -2.50. The summed E-state index contributed by atoms with van der Waals surface area (Å²) in [6.45, 7) is 2.72. The van der Waals surface area contributed by atoms with E-state index in [2.05, 4.69) is 5.32 Å². The molecule has 124 valence electrons. The Labute approximate surface area is 133 Å². The minimum absolute atomic E-state index is 0.0577. The van der Waals surface area contributed by atoms with Gasteiger partial charge in [0.2, 0.25) is 0 Å². The number of nitrogens with zero attached hydrogens (tertiary/aromatic N) is 2. The van der Waals surface area contributed by atoms with Crippen molar-refractivity contribution in [2.75, 3.05) is 33.2 Å². The molecule has 1 aliphatic heterocycles. The van der Waals surface area contributed by atoms with Crippen LogP contribution in [0.25, 0.3) is 0 Å². The second kappa shape index (κ2) is 8.03. The standard InChI is InChI=1S/C15H26N4O2S/c1-18(15-7-10-17-11-8-15)22(20,21)19(12-9-16)13-14-5-3-2-4-6-14/h2-6,15,17H,7-13,16H2,1H3. The Morgan fingerprint density at radius 1 is 1.23 bits per heavy atom. The van der Waals surface area contributed by atoms with Crippen molar-refractivity contribution in [1.82, 2.24) is 13.9 Å². The summed E-state index contributed by atoms with van der Waals surface area (Å²) in [4.78, 5) is 0. The van der Waals surface area contributed by atoms with Gasteiger partial charge in [0.05, 0.1) is 0 Å². The lowest BCUT2D eigenvalue weighted by Gasteiger charge is -2.34. The summed E-state index contributed by atoms with van der Waals surface area (Å²) in [5.74, 6) is 0. The van der Waals surface area contributed by atoms with E-state index in [-0.39, 0.29) is 6.04 Å². The number of rotatable bonds is 7. The summed E-state index contributed by atoms with van der Waals surface area (Å²) >= 11 is 0. The van der Waals surface area contributed by atoms with Crippen LogP contribution in [-0.4, -0.2) is 56.3 Å². The van der Waals surface area contributed by atoms with E-state index < -0.39 is 10.2 Å². The Bertz CT molecular complexity index is 544. The zero-order chi connectivity index (χ0) is 16.0. The molecular formula is C15H26N4O2S. The van der Waals surface area contributed by atoms with Crippen LogP contribution in [0.3, 0.4) is 0 Å². The monoisotopic (exact) mass is 326 g/mol. The quantitative estimate of drug-likeness (QED) is 0.759. The number of hydrogen-bond acceptors (Lipinski definition) is 4. The van der Waals surface area contributed by atoms with Gasteiger partial charge in [-0.05, 0) is 31.5 Å². The van der Waals surface area contributed by atoms with Crippen molar-refractivity contribution in [2.24, 2.45) is 5.73 Å². The molecule has 0 aliphatic carbocycles. The van der Waals surface area contributed by atoms with Crippen molar-refractivity contribution in [3.8, 4) is 0 Å². The van der Waals surface area contributed by atoms with Gasteiger partial charge in [-0.1, -0.05) is 30.3 Å². The molecule has 6 nitrogen and oxygen atoms in total. The third kappa shape index (κ3) is 4.27. The highest BCUT2D eigenvalue weighted by molar-refractivity contribution is 7.86. The van der Waals surface area contributed by atoms with E-state index in [1.54, 1.807) is 7.05 Å². The van der Waals surface area contributed by atoms with Crippen LogP contribution >= 0.6 is 0 Å². The maximum atomic E-state index is 12.9. The fourth-order valence-electron chi connectivity index (χ4n) is 2.75. The number of nitrogens with two attached hydrogens (primary N) is 1. The minimum Gasteiger partial charge on any atom is -0.329 e. The van der Waals surface area contributed by atoms with Crippen LogP contribution in [-0.2, 0) is 16.8 Å². The summed E-state index contributed by atoms with van der Waals surface area (Å²) in [6, 6.07) is 9.68. The van der Waals surface area contributed by atoms with Crippen LogP contribution in [0.4, 0.5) is 0 Å². The Morgan fingerprint density at radius 2 is 1.86 bits per heavy atom. The van der Waals surface area contributed by atoms with Gasteiger partial charge in [0.25, 0.3) is 10.2 Å². The summed E-state index contributed by atoms with van der Waals surface area (Å²) in [5.41, 5.74) is 6.59. The van der Waals surface area contributed by atoms with Gasteiger partial charge in [0, 0.05) is 32.7 Å². The van der Waals surface area contributed by atoms with Crippen LogP contribution in [0.15, 0.2) is 30.3 Å². The Kier molecular flexibility index (Phi) is 6.34. The fraction of sp³-hybridized carbons (Fsp3) is 0.600. The van der Waals surface area contributed by atoms with E-state index in [1.807, 2.05) is 30.3 Å². The molecule has 1 saturated heterocycles. The maximum Gasteiger partial charge on any atom is 0.282 e. The van der Waals surface area contributed by atoms with E-state index in [0.29, 0.717) is 19.6 Å². The molecule has 2 rings (SSSR count). The van der Waals surface area contributed by atoms with Crippen LogP contribution in [0, 0.1) is 0 Å². The fourth-order valence-corrected chi connectivity index (χ4v) is 4.35. The van der Waals surface area contributed by atoms with Crippen molar-refractivity contribution in [3.05, 3.63) is 35.9 Å². The van der Waals surface area contributed by atoms with Gasteiger partial charge >= 0.3 is 0 Å². The van der Waals surface area contributed by atoms with Gasteiger partial charge in [-0.3, -0.25) is 0 Å². The predicted octanol–water partition coefficient (Wildman–Crippen LogP) is 0.376. The first kappa shape index (κ1) is 17.4. The minimum atomic E-state index is -3.50. The molecule has 1 aromatic rings. The first-order valence-corrected chi connectivity index (χ1v) is 9.13. The van der Waals surface area contributed by atoms with E-state index in [0.717, 1.165) is 31.5 Å². The zero-order valence-electron chi connectivity index (χ0n) is 13.1. The van der Waals surface area contributed by atoms with Gasteiger partial charge in [-0.15, -0.1) is 0 Å². The molecule has 1 aliphatic rings. The molecule has 0 spiro atoms. The molecule has 1 aromatic carbocycles. The van der Waals surface area contributed by atoms with Crippen molar-refractivity contribution >= 4 is 10.2 Å². The second-order valence-electron chi connectivity index (χ2n) is 5.61. The Hall–Kier alpha value is -0.990. The van der Waals surface area contributed by atoms with Crippen LogP contribution < -0.4 is 11.1 Å². The normalized spacial score (nSPS) is 17.3. The topological polar surface area (TPSA) is 78.7 Å². The van der Waals surface area contributed by atoms with E-state index in [9.17, 15) is 8.42 Å². The number of hydrogen-bond donors (Lipinski definition) is 2. The van der Waals surface area contributed by atoms with E-state index >= 15 is 0 Å². The van der Waals surface area contributed by atoms with Gasteiger partial charge < -0.3 is 11.1 Å². The Morgan fingerprint density at radius 3 is 2.45 bits per heavy atom. The molecule has 1 heterocycles. The molecule has 0 unspecified atom stereocenters. The SMILES string of the molecule is CN(C1CCNCC1)S(=O)(=O)N(CCN)Cc1ccccc1. The summed E-state index contributed by atoms with van der Waals surface area (Å²) in [5, 5.41) is 3.26. The van der Waals surface area contributed by atoms with Gasteiger partial charge in [0.1, 0.15) is 0 Å². The van der Waals surface area contributed by atoms with E-state index in [1.165, 1.54) is 8.61 Å². The molecule has 1 fully saturated rings. The molecule has 0 aromatic heterocycles. The molecule has 0 atom stereocenters. The third-order valence-corrected chi connectivity index (χ3v) is 6.08. The lowest BCUT2D eigenvalue weighted by molar-refractivity contribution is 0.269.